The molecule has 0 radical (unpaired) electrons. The zero-order valence-corrected chi connectivity index (χ0v) is 28.4. The summed E-state index contributed by atoms with van der Waals surface area (Å²) >= 11 is 0. The number of nitrogens with zero attached hydrogens (tertiary/aromatic N) is 15. The predicted octanol–water partition coefficient (Wildman–Crippen LogP) is 5.31. The molecule has 0 fully saturated rings. The van der Waals surface area contributed by atoms with Crippen molar-refractivity contribution in [3.8, 4) is 0 Å². The minimum absolute atomic E-state index is 0.887. The highest BCUT2D eigenvalue weighted by Crippen LogP contribution is 2.13. The average molecular weight is 703 g/mol. The third-order valence-corrected chi connectivity index (χ3v) is 7.77. The summed E-state index contributed by atoms with van der Waals surface area (Å²) in [5.41, 5.74) is 7.05. The Balaban J connectivity index is 0.0000000986. The molecule has 1 aliphatic heterocycles. The van der Waals surface area contributed by atoms with Gasteiger partial charge in [0, 0.05) is 80.4 Å². The van der Waals surface area contributed by atoms with Crippen molar-refractivity contribution in [1.29, 1.82) is 0 Å². The van der Waals surface area contributed by atoms with Crippen LogP contribution in [-0.2, 0) is 13.0 Å². The molecule has 1 aliphatic rings. The molecule has 11 aromatic heterocycles. The lowest BCUT2D eigenvalue weighted by atomic mass is 10.3. The highest BCUT2D eigenvalue weighted by Gasteiger charge is 2.06. The molecular formula is C37H34N16. The van der Waals surface area contributed by atoms with Crippen molar-refractivity contribution in [1.82, 2.24) is 77.5 Å². The van der Waals surface area contributed by atoms with E-state index in [4.69, 9.17) is 0 Å². The van der Waals surface area contributed by atoms with E-state index in [9.17, 15) is 0 Å². The van der Waals surface area contributed by atoms with E-state index in [0.717, 1.165) is 33.6 Å². The summed E-state index contributed by atoms with van der Waals surface area (Å²) in [6.07, 6.45) is 32.9. The molecule has 0 amide bonds. The third kappa shape index (κ3) is 9.14. The van der Waals surface area contributed by atoms with Gasteiger partial charge in [-0.15, -0.1) is 10.2 Å². The van der Waals surface area contributed by atoms with E-state index in [1.165, 1.54) is 31.4 Å². The second-order valence-electron chi connectivity index (χ2n) is 11.2. The first-order valence-electron chi connectivity index (χ1n) is 16.6. The quantitative estimate of drug-likeness (QED) is 0.219. The van der Waals surface area contributed by atoms with E-state index in [2.05, 4.69) is 78.1 Å². The van der Waals surface area contributed by atoms with Crippen LogP contribution >= 0.6 is 0 Å². The lowest BCUT2D eigenvalue weighted by Gasteiger charge is -1.90. The van der Waals surface area contributed by atoms with Gasteiger partial charge in [0.1, 0.15) is 24.6 Å². The van der Waals surface area contributed by atoms with E-state index < -0.39 is 0 Å². The molecule has 16 nitrogen and oxygen atoms in total. The fraction of sp³-hybridized carbons (Fsp3) is 0.0811. The Morgan fingerprint density at radius 2 is 1.38 bits per heavy atom. The van der Waals surface area contributed by atoms with Gasteiger partial charge in [-0.2, -0.15) is 5.10 Å². The van der Waals surface area contributed by atoms with Crippen LogP contribution in [-0.4, -0.2) is 77.5 Å². The lowest BCUT2D eigenvalue weighted by molar-refractivity contribution is 0.750. The van der Waals surface area contributed by atoms with E-state index in [0.29, 0.717) is 0 Å². The topological polar surface area (TPSA) is 167 Å². The molecule has 16 heteroatoms. The highest BCUT2D eigenvalue weighted by molar-refractivity contribution is 5.72. The maximum absolute atomic E-state index is 4.04. The summed E-state index contributed by atoms with van der Waals surface area (Å²) in [6.45, 7) is 1.24. The number of rotatable bonds is 0. The molecule has 11 aromatic rings. The Morgan fingerprint density at radius 1 is 0.566 bits per heavy atom. The summed E-state index contributed by atoms with van der Waals surface area (Å²) in [5, 5.41) is 11.5. The number of imidazole rings is 3. The SMILES string of the molecule is c1cc2n(c1)CCC2.c1cc2nc[nH]c2cn1.c1cc2nccn2cn1.c1ccn2cnnc2c1.c1ccn2ncnc2c1.c1cn2ccnc2cn1. The zero-order chi connectivity index (χ0) is 35.9. The molecular weight excluding hydrogens is 669 g/mol. The molecule has 0 atom stereocenters. The normalized spacial score (nSPS) is 11.2. The van der Waals surface area contributed by atoms with Gasteiger partial charge in [-0.1, -0.05) is 12.1 Å². The van der Waals surface area contributed by atoms with Crippen molar-refractivity contribution >= 4 is 33.6 Å². The Morgan fingerprint density at radius 3 is 2.23 bits per heavy atom. The number of hydrogen-bond donors (Lipinski definition) is 1. The number of aromatic amines is 1. The number of aryl methyl sites for hydroxylation is 2. The van der Waals surface area contributed by atoms with Crippen LogP contribution < -0.4 is 0 Å². The van der Waals surface area contributed by atoms with Crippen LogP contribution in [0, 0.1) is 0 Å². The maximum Gasteiger partial charge on any atom is 0.160 e. The summed E-state index contributed by atoms with van der Waals surface area (Å²) in [6, 6.07) is 19.6. The smallest absolute Gasteiger partial charge is 0.160 e. The largest absolute Gasteiger partial charge is 0.351 e. The zero-order valence-electron chi connectivity index (χ0n) is 28.4. The number of pyridine rings is 3. The Hall–Kier alpha value is -7.62. The minimum Gasteiger partial charge on any atom is -0.351 e. The molecule has 262 valence electrons. The van der Waals surface area contributed by atoms with Crippen LogP contribution in [0.3, 0.4) is 0 Å². The molecule has 1 N–H and O–H groups in total. The van der Waals surface area contributed by atoms with Gasteiger partial charge in [-0.05, 0) is 61.4 Å². The van der Waals surface area contributed by atoms with Gasteiger partial charge in [0.05, 0.1) is 29.8 Å². The molecule has 0 saturated carbocycles. The number of hydrogen-bond acceptors (Lipinski definition) is 10. The van der Waals surface area contributed by atoms with Crippen molar-refractivity contribution in [3.63, 3.8) is 0 Å². The van der Waals surface area contributed by atoms with Gasteiger partial charge in [0.15, 0.2) is 16.9 Å². The van der Waals surface area contributed by atoms with Gasteiger partial charge in [0.25, 0.3) is 0 Å². The first-order valence-corrected chi connectivity index (χ1v) is 16.6. The highest BCUT2D eigenvalue weighted by atomic mass is 15.3. The third-order valence-electron chi connectivity index (χ3n) is 7.77. The first kappa shape index (κ1) is 33.9. The Bertz CT molecular complexity index is 2160. The van der Waals surface area contributed by atoms with Gasteiger partial charge in [0.2, 0.25) is 0 Å². The Kier molecular flexibility index (Phi) is 11.1. The van der Waals surface area contributed by atoms with Crippen LogP contribution in [0.4, 0.5) is 0 Å². The summed E-state index contributed by atoms with van der Waals surface area (Å²) < 4.78 is 9.67. The monoisotopic (exact) mass is 702 g/mol. The number of nitrogens with one attached hydrogen (secondary N) is 1. The second-order valence-corrected chi connectivity index (χ2v) is 11.2. The molecule has 53 heavy (non-hydrogen) atoms. The molecule has 0 aliphatic carbocycles. The standard InChI is InChI=1S/C7H9N.5C6H5N3/c1-3-7-4-2-6-8(7)5-1;1-3-9-4-2-8-6(9)5-7-1;1-2-7-3-6-5(1)8-4-9-6;1-2-7-5-9-4-3-8-6(1)9;1-2-4-9-5-7-8-6(9)3-1;1-2-4-9-6(3-1)7-5-8-9/h1,3,5H,2,4,6H2;1-5H;1-4H,(H,8,9);3*1-5H. The molecule has 0 unspecified atom stereocenters. The average Bonchev–Trinajstić information content (AvgIpc) is 4.07. The molecule has 0 spiro atoms. The molecule has 12 heterocycles. The second kappa shape index (κ2) is 17.3. The number of aromatic nitrogens is 16. The van der Waals surface area contributed by atoms with Crippen LogP contribution in [0.5, 0.6) is 0 Å². The van der Waals surface area contributed by atoms with Gasteiger partial charge >= 0.3 is 0 Å². The van der Waals surface area contributed by atoms with E-state index in [1.54, 1.807) is 66.9 Å². The Labute approximate surface area is 302 Å². The van der Waals surface area contributed by atoms with Gasteiger partial charge < -0.3 is 14.0 Å². The van der Waals surface area contributed by atoms with E-state index >= 15 is 0 Å². The fourth-order valence-corrected chi connectivity index (χ4v) is 5.18. The number of H-pyrrole nitrogens is 1. The first-order chi connectivity index (χ1) is 26.3. The van der Waals surface area contributed by atoms with Gasteiger partial charge in [-0.25, -0.2) is 29.4 Å². The van der Waals surface area contributed by atoms with Crippen molar-refractivity contribution in [2.24, 2.45) is 0 Å². The molecule has 0 bridgehead atoms. The van der Waals surface area contributed by atoms with Crippen molar-refractivity contribution < 1.29 is 0 Å². The van der Waals surface area contributed by atoms with E-state index in [1.807, 2.05) is 92.7 Å². The van der Waals surface area contributed by atoms with Crippen LogP contribution in [0.2, 0.25) is 0 Å². The molecule has 0 aromatic carbocycles. The lowest BCUT2D eigenvalue weighted by Crippen LogP contribution is -1.86. The van der Waals surface area contributed by atoms with Crippen molar-refractivity contribution in [3.05, 3.63) is 172 Å². The summed E-state index contributed by atoms with van der Waals surface area (Å²) in [5.74, 6) is 0. The fourth-order valence-electron chi connectivity index (χ4n) is 5.18. The summed E-state index contributed by atoms with van der Waals surface area (Å²) in [4.78, 5) is 30.7. The van der Waals surface area contributed by atoms with E-state index in [-0.39, 0.29) is 0 Å². The van der Waals surface area contributed by atoms with Crippen LogP contribution in [0.15, 0.2) is 167 Å². The van der Waals surface area contributed by atoms with Crippen LogP contribution in [0.1, 0.15) is 12.1 Å². The minimum atomic E-state index is 0.887. The molecule has 12 rings (SSSR count). The number of fused-ring (bicyclic) bond motifs is 6. The van der Waals surface area contributed by atoms with Crippen molar-refractivity contribution in [2.75, 3.05) is 0 Å². The van der Waals surface area contributed by atoms with Crippen LogP contribution in [0.25, 0.3) is 33.6 Å². The maximum atomic E-state index is 4.04. The van der Waals surface area contributed by atoms with Gasteiger partial charge in [-0.3, -0.25) is 18.8 Å². The predicted molar refractivity (Wildman–Crippen MR) is 199 cm³/mol. The molecule has 0 saturated heterocycles. The summed E-state index contributed by atoms with van der Waals surface area (Å²) in [7, 11) is 0. The van der Waals surface area contributed by atoms with Crippen molar-refractivity contribution in [2.45, 2.75) is 19.4 Å².